The van der Waals surface area contributed by atoms with Gasteiger partial charge in [-0.3, -0.25) is 14.9 Å². The zero-order chi connectivity index (χ0) is 22.0. The van der Waals surface area contributed by atoms with Crippen molar-refractivity contribution in [3.05, 3.63) is 81.2 Å². The molecule has 0 bridgehead atoms. The average Bonchev–Trinajstić information content (AvgIpc) is 3.36. The molecular weight excluding hydrogens is 425 g/mol. The van der Waals surface area contributed by atoms with Crippen molar-refractivity contribution < 1.29 is 23.3 Å². The molecule has 0 saturated carbocycles. The van der Waals surface area contributed by atoms with E-state index in [2.05, 4.69) is 10.3 Å². The molecule has 1 amide bonds. The van der Waals surface area contributed by atoms with Crippen LogP contribution >= 0.6 is 11.8 Å². The number of amides is 1. The molecular formula is C21H14FN3O5S. The third-order valence-corrected chi connectivity index (χ3v) is 5.18. The van der Waals surface area contributed by atoms with Gasteiger partial charge in [0.05, 0.1) is 34.3 Å². The number of nitrogens with zero attached hydrogens (tertiary/aromatic N) is 2. The summed E-state index contributed by atoms with van der Waals surface area (Å²) in [6, 6.07) is 13.2. The van der Waals surface area contributed by atoms with Crippen LogP contribution in [0.4, 0.5) is 15.8 Å². The molecule has 10 heteroatoms. The van der Waals surface area contributed by atoms with E-state index in [1.54, 1.807) is 18.2 Å². The molecule has 0 spiro atoms. The number of nitrogens with one attached hydrogen (secondary N) is 1. The molecule has 4 rings (SSSR count). The second-order valence-corrected chi connectivity index (χ2v) is 7.33. The van der Waals surface area contributed by atoms with Gasteiger partial charge in [0.2, 0.25) is 0 Å². The fraction of sp³-hybridized carbons (Fsp3) is 0.0476. The summed E-state index contributed by atoms with van der Waals surface area (Å²) in [5, 5.41) is 14.0. The number of hydrogen-bond donors (Lipinski definition) is 1. The van der Waals surface area contributed by atoms with Crippen LogP contribution in [0.25, 0.3) is 17.4 Å². The number of carbonyl (C=O) groups excluding carboxylic acids is 1. The SMILES string of the molecule is COc1cc([N+](=O)[O-])ccc1-c1ccc(/C=C2/SC(=Nc3ccc(F)cc3)NC2=O)o1. The molecule has 1 saturated heterocycles. The lowest BCUT2D eigenvalue weighted by molar-refractivity contribution is -0.384. The number of halogens is 1. The summed E-state index contributed by atoms with van der Waals surface area (Å²) in [5.41, 5.74) is 0.956. The summed E-state index contributed by atoms with van der Waals surface area (Å²) < 4.78 is 24.0. The second kappa shape index (κ2) is 8.44. The van der Waals surface area contributed by atoms with E-state index < -0.39 is 4.92 Å². The number of furan rings is 1. The van der Waals surface area contributed by atoms with Gasteiger partial charge in [-0.25, -0.2) is 9.38 Å². The fourth-order valence-corrected chi connectivity index (χ4v) is 3.64. The molecule has 0 atom stereocenters. The Balaban J connectivity index is 1.56. The first-order valence-corrected chi connectivity index (χ1v) is 9.72. The highest BCUT2D eigenvalue weighted by atomic mass is 32.2. The monoisotopic (exact) mass is 439 g/mol. The lowest BCUT2D eigenvalue weighted by Crippen LogP contribution is -2.19. The minimum atomic E-state index is -0.509. The predicted octanol–water partition coefficient (Wildman–Crippen LogP) is 4.89. The summed E-state index contributed by atoms with van der Waals surface area (Å²) >= 11 is 1.13. The highest BCUT2D eigenvalue weighted by Crippen LogP contribution is 2.35. The van der Waals surface area contributed by atoms with Crippen molar-refractivity contribution in [2.24, 2.45) is 4.99 Å². The number of ether oxygens (including phenoxy) is 1. The number of nitro benzene ring substituents is 1. The number of methoxy groups -OCH3 is 1. The lowest BCUT2D eigenvalue weighted by Gasteiger charge is -2.05. The second-order valence-electron chi connectivity index (χ2n) is 6.30. The van der Waals surface area contributed by atoms with Crippen molar-refractivity contribution in [3.63, 3.8) is 0 Å². The van der Waals surface area contributed by atoms with Crippen molar-refractivity contribution in [3.8, 4) is 17.1 Å². The van der Waals surface area contributed by atoms with Crippen LogP contribution in [0.3, 0.4) is 0 Å². The molecule has 1 aliphatic heterocycles. The Labute approximate surface area is 179 Å². The predicted molar refractivity (Wildman–Crippen MR) is 115 cm³/mol. The molecule has 1 N–H and O–H groups in total. The number of amidine groups is 1. The third-order valence-electron chi connectivity index (χ3n) is 4.27. The highest BCUT2D eigenvalue weighted by molar-refractivity contribution is 8.18. The van der Waals surface area contributed by atoms with Gasteiger partial charge in [-0.15, -0.1) is 0 Å². The maximum absolute atomic E-state index is 13.0. The van der Waals surface area contributed by atoms with E-state index >= 15 is 0 Å². The molecule has 1 aliphatic rings. The van der Waals surface area contributed by atoms with Crippen molar-refractivity contribution in [2.75, 3.05) is 7.11 Å². The molecule has 2 aromatic carbocycles. The number of non-ortho nitro benzene ring substituents is 1. The lowest BCUT2D eigenvalue weighted by atomic mass is 10.1. The Kier molecular flexibility index (Phi) is 5.54. The molecule has 1 fully saturated rings. The van der Waals surface area contributed by atoms with Crippen LogP contribution in [0.5, 0.6) is 5.75 Å². The maximum atomic E-state index is 13.0. The molecule has 0 aliphatic carbocycles. The van der Waals surface area contributed by atoms with Gasteiger partial charge >= 0.3 is 0 Å². The van der Waals surface area contributed by atoms with E-state index in [1.807, 2.05) is 0 Å². The Morgan fingerprint density at radius 3 is 2.68 bits per heavy atom. The Bertz CT molecular complexity index is 1230. The number of thioether (sulfide) groups is 1. The standard InChI is InChI=1S/C21H14FN3O5S/c1-29-18-10-14(25(27)28)6-8-16(18)17-9-7-15(30-17)11-19-20(26)24-21(31-19)23-13-4-2-12(22)3-5-13/h2-11H,1H3,(H,23,24,26)/b19-11+. The number of nitro groups is 1. The third kappa shape index (κ3) is 4.48. The van der Waals surface area contributed by atoms with Gasteiger partial charge in [-0.05, 0) is 54.2 Å². The smallest absolute Gasteiger partial charge is 0.273 e. The number of benzene rings is 2. The minimum Gasteiger partial charge on any atom is -0.496 e. The van der Waals surface area contributed by atoms with Crippen LogP contribution in [0.2, 0.25) is 0 Å². The zero-order valence-electron chi connectivity index (χ0n) is 16.0. The molecule has 156 valence electrons. The first-order valence-electron chi connectivity index (χ1n) is 8.91. The van der Waals surface area contributed by atoms with Crippen molar-refractivity contribution in [1.82, 2.24) is 5.32 Å². The molecule has 2 heterocycles. The molecule has 31 heavy (non-hydrogen) atoms. The molecule has 8 nitrogen and oxygen atoms in total. The van der Waals surface area contributed by atoms with Gasteiger partial charge < -0.3 is 14.5 Å². The van der Waals surface area contributed by atoms with Crippen LogP contribution in [0, 0.1) is 15.9 Å². The van der Waals surface area contributed by atoms with Gasteiger partial charge in [0.15, 0.2) is 5.17 Å². The van der Waals surface area contributed by atoms with Crippen LogP contribution < -0.4 is 10.1 Å². The quantitative estimate of drug-likeness (QED) is 0.344. The van der Waals surface area contributed by atoms with E-state index in [4.69, 9.17) is 9.15 Å². The average molecular weight is 439 g/mol. The van der Waals surface area contributed by atoms with Crippen molar-refractivity contribution in [1.29, 1.82) is 0 Å². The summed E-state index contributed by atoms with van der Waals surface area (Å²) in [6.45, 7) is 0. The van der Waals surface area contributed by atoms with E-state index in [9.17, 15) is 19.3 Å². The number of carbonyl (C=O) groups is 1. The summed E-state index contributed by atoms with van der Waals surface area (Å²) in [4.78, 5) is 27.3. The number of rotatable bonds is 5. The van der Waals surface area contributed by atoms with E-state index in [1.165, 1.54) is 49.6 Å². The van der Waals surface area contributed by atoms with Crippen LogP contribution in [-0.4, -0.2) is 23.1 Å². The van der Waals surface area contributed by atoms with Crippen LogP contribution in [0.1, 0.15) is 5.76 Å². The van der Waals surface area contributed by atoms with Crippen LogP contribution in [-0.2, 0) is 4.79 Å². The van der Waals surface area contributed by atoms with Gasteiger partial charge in [0.25, 0.3) is 11.6 Å². The Morgan fingerprint density at radius 2 is 1.97 bits per heavy atom. The first kappa shape index (κ1) is 20.4. The van der Waals surface area contributed by atoms with E-state index in [0.717, 1.165) is 11.8 Å². The van der Waals surface area contributed by atoms with E-state index in [0.29, 0.717) is 38.6 Å². The number of aliphatic imine (C=N–C) groups is 1. The largest absolute Gasteiger partial charge is 0.496 e. The minimum absolute atomic E-state index is 0.0958. The topological polar surface area (TPSA) is 107 Å². The molecule has 0 unspecified atom stereocenters. The van der Waals surface area contributed by atoms with Gasteiger partial charge in [0.1, 0.15) is 23.1 Å². The molecule has 0 radical (unpaired) electrons. The summed E-state index contributed by atoms with van der Waals surface area (Å²) in [5.74, 6) is 0.436. The molecule has 1 aromatic heterocycles. The van der Waals surface area contributed by atoms with Gasteiger partial charge in [-0.2, -0.15) is 0 Å². The van der Waals surface area contributed by atoms with E-state index in [-0.39, 0.29) is 17.4 Å². The fourth-order valence-electron chi connectivity index (χ4n) is 2.81. The van der Waals surface area contributed by atoms with Gasteiger partial charge in [-0.1, -0.05) is 0 Å². The Hall–Kier alpha value is -3.92. The normalized spacial score (nSPS) is 16.0. The summed E-state index contributed by atoms with van der Waals surface area (Å²) in [7, 11) is 1.41. The highest BCUT2D eigenvalue weighted by Gasteiger charge is 2.24. The number of hydrogen-bond acceptors (Lipinski definition) is 7. The Morgan fingerprint density at radius 1 is 1.19 bits per heavy atom. The first-order chi connectivity index (χ1) is 14.9. The molecule has 3 aromatic rings. The maximum Gasteiger partial charge on any atom is 0.273 e. The van der Waals surface area contributed by atoms with Crippen molar-refractivity contribution >= 4 is 40.3 Å². The zero-order valence-corrected chi connectivity index (χ0v) is 16.8. The van der Waals surface area contributed by atoms with Crippen molar-refractivity contribution in [2.45, 2.75) is 0 Å². The van der Waals surface area contributed by atoms with Gasteiger partial charge in [0, 0.05) is 12.1 Å². The van der Waals surface area contributed by atoms with Crippen LogP contribution in [0.15, 0.2) is 68.9 Å². The summed E-state index contributed by atoms with van der Waals surface area (Å²) in [6.07, 6.45) is 1.56.